The Morgan fingerprint density at radius 2 is 1.52 bits per heavy atom. The first-order valence-electron chi connectivity index (χ1n) is 8.40. The molecule has 1 unspecified atom stereocenters. The normalized spacial score (nSPS) is 12.8. The van der Waals surface area contributed by atoms with Crippen LogP contribution in [0.25, 0.3) is 0 Å². The van der Waals surface area contributed by atoms with Crippen molar-refractivity contribution in [2.75, 3.05) is 11.9 Å². The summed E-state index contributed by atoms with van der Waals surface area (Å²) in [5.74, 6) is -9.64. The third kappa shape index (κ3) is 6.60. The topological polar surface area (TPSA) is 67.4 Å². The van der Waals surface area contributed by atoms with E-state index in [1.54, 1.807) is 5.32 Å². The van der Waals surface area contributed by atoms with Gasteiger partial charge in [0.25, 0.3) is 12.1 Å². The van der Waals surface area contributed by atoms with E-state index in [-0.39, 0.29) is 5.69 Å². The molecule has 0 spiro atoms. The standard InChI is InChI=1S/C18H10Cl2F8N2O3/c19-8-4-7(29-16(32)30-14(31)12-10(21)2-1-3-11(12)22)5-9(20)13(8)33-6-17(24,25)15(23)18(26,27)28/h1-5,15H,6H2,(H2,29,30,31,32). The van der Waals surface area contributed by atoms with Crippen LogP contribution in [-0.2, 0) is 0 Å². The summed E-state index contributed by atoms with van der Waals surface area (Å²) in [6.07, 6.45) is -10.4. The van der Waals surface area contributed by atoms with Crippen molar-refractivity contribution in [3.8, 4) is 5.75 Å². The summed E-state index contributed by atoms with van der Waals surface area (Å²) in [5.41, 5.74) is -1.32. The molecular weight excluding hydrogens is 515 g/mol. The molecule has 2 N–H and O–H groups in total. The Bertz CT molecular complexity index is 1020. The maximum atomic E-state index is 13.6. The van der Waals surface area contributed by atoms with E-state index in [4.69, 9.17) is 23.2 Å². The lowest BCUT2D eigenvalue weighted by atomic mass is 10.2. The van der Waals surface area contributed by atoms with E-state index in [0.29, 0.717) is 0 Å². The largest absolute Gasteiger partial charge is 0.484 e. The Kier molecular flexibility index (Phi) is 8.01. The number of amides is 3. The highest BCUT2D eigenvalue weighted by atomic mass is 35.5. The molecule has 0 fully saturated rings. The maximum Gasteiger partial charge on any atom is 0.425 e. The van der Waals surface area contributed by atoms with Gasteiger partial charge in [0.05, 0.1) is 10.0 Å². The molecule has 0 saturated carbocycles. The molecule has 0 aromatic heterocycles. The second-order valence-corrected chi connectivity index (χ2v) is 7.04. The van der Waals surface area contributed by atoms with E-state index in [0.717, 1.165) is 30.3 Å². The summed E-state index contributed by atoms with van der Waals surface area (Å²) in [4.78, 5) is 23.8. The Morgan fingerprint density at radius 1 is 1.00 bits per heavy atom. The van der Waals surface area contributed by atoms with Gasteiger partial charge in [-0.2, -0.15) is 22.0 Å². The first-order valence-corrected chi connectivity index (χ1v) is 9.16. The van der Waals surface area contributed by atoms with Crippen LogP contribution in [0.1, 0.15) is 10.4 Å². The number of imide groups is 1. The van der Waals surface area contributed by atoms with Gasteiger partial charge in [-0.3, -0.25) is 10.1 Å². The van der Waals surface area contributed by atoms with Gasteiger partial charge in [-0.05, 0) is 24.3 Å². The Balaban J connectivity index is 2.09. The van der Waals surface area contributed by atoms with E-state index in [2.05, 4.69) is 4.74 Å². The molecule has 15 heteroatoms. The lowest BCUT2D eigenvalue weighted by Crippen LogP contribution is -2.45. The second kappa shape index (κ2) is 10.00. The third-order valence-corrected chi connectivity index (χ3v) is 4.30. The lowest BCUT2D eigenvalue weighted by molar-refractivity contribution is -0.250. The van der Waals surface area contributed by atoms with Gasteiger partial charge in [-0.1, -0.05) is 29.3 Å². The smallest absolute Gasteiger partial charge is 0.425 e. The summed E-state index contributed by atoms with van der Waals surface area (Å²) in [6, 6.07) is 2.91. The minimum absolute atomic E-state index is 0.276. The summed E-state index contributed by atoms with van der Waals surface area (Å²) >= 11 is 11.5. The summed E-state index contributed by atoms with van der Waals surface area (Å²) in [6.45, 7) is -2.07. The first kappa shape index (κ1) is 26.5. The fourth-order valence-corrected chi connectivity index (χ4v) is 2.89. The number of hydrogen-bond donors (Lipinski definition) is 2. The van der Waals surface area contributed by atoms with Crippen molar-refractivity contribution in [3.05, 3.63) is 57.6 Å². The van der Waals surface area contributed by atoms with E-state index >= 15 is 0 Å². The fraction of sp³-hybridized carbons (Fsp3) is 0.222. The average Bonchev–Trinajstić information content (AvgIpc) is 2.65. The van der Waals surface area contributed by atoms with Crippen molar-refractivity contribution < 1.29 is 49.4 Å². The number of alkyl halides is 6. The molecule has 33 heavy (non-hydrogen) atoms. The Hall–Kier alpha value is -2.80. The number of ether oxygens (including phenoxy) is 1. The molecule has 0 aliphatic carbocycles. The number of anilines is 1. The number of nitrogens with one attached hydrogen (secondary N) is 2. The number of urea groups is 1. The van der Waals surface area contributed by atoms with Crippen molar-refractivity contribution in [1.29, 1.82) is 0 Å². The minimum atomic E-state index is -5.84. The predicted molar refractivity (Wildman–Crippen MR) is 101 cm³/mol. The van der Waals surface area contributed by atoms with Crippen molar-refractivity contribution in [3.63, 3.8) is 0 Å². The number of carbonyl (C=O) groups is 2. The highest BCUT2D eigenvalue weighted by Gasteiger charge is 2.57. The summed E-state index contributed by atoms with van der Waals surface area (Å²) in [5, 5.41) is 2.46. The van der Waals surface area contributed by atoms with Crippen molar-refractivity contribution >= 4 is 40.8 Å². The van der Waals surface area contributed by atoms with Gasteiger partial charge < -0.3 is 10.1 Å². The zero-order chi connectivity index (χ0) is 25.1. The average molecular weight is 525 g/mol. The van der Waals surface area contributed by atoms with Crippen molar-refractivity contribution in [2.24, 2.45) is 0 Å². The second-order valence-electron chi connectivity index (χ2n) is 6.23. The van der Waals surface area contributed by atoms with Crippen LogP contribution in [0.15, 0.2) is 30.3 Å². The summed E-state index contributed by atoms with van der Waals surface area (Å²) in [7, 11) is 0. The molecule has 0 aliphatic heterocycles. The van der Waals surface area contributed by atoms with Crippen LogP contribution in [0.4, 0.5) is 45.6 Å². The lowest BCUT2D eigenvalue weighted by Gasteiger charge is -2.23. The quantitative estimate of drug-likeness (QED) is 0.445. The molecule has 0 heterocycles. The molecule has 2 rings (SSSR count). The third-order valence-electron chi connectivity index (χ3n) is 3.74. The number of hydrogen-bond acceptors (Lipinski definition) is 3. The van der Waals surface area contributed by atoms with Gasteiger partial charge in [0, 0.05) is 5.69 Å². The minimum Gasteiger partial charge on any atom is -0.484 e. The molecule has 3 amide bonds. The van der Waals surface area contributed by atoms with Gasteiger partial charge in [0.1, 0.15) is 17.2 Å². The molecule has 5 nitrogen and oxygen atoms in total. The van der Waals surface area contributed by atoms with E-state index in [9.17, 15) is 44.7 Å². The Morgan fingerprint density at radius 3 is 2.00 bits per heavy atom. The summed E-state index contributed by atoms with van der Waals surface area (Å²) < 4.78 is 108. The van der Waals surface area contributed by atoms with E-state index < -0.39 is 69.8 Å². The first-order chi connectivity index (χ1) is 15.1. The molecule has 0 saturated heterocycles. The van der Waals surface area contributed by atoms with Crippen LogP contribution in [0.2, 0.25) is 10.0 Å². The van der Waals surface area contributed by atoms with Crippen LogP contribution in [-0.4, -0.2) is 36.8 Å². The van der Waals surface area contributed by atoms with Crippen molar-refractivity contribution in [2.45, 2.75) is 18.3 Å². The molecule has 2 aromatic rings. The molecular formula is C18H10Cl2F8N2O3. The SMILES string of the molecule is O=C(NC(=O)c1c(F)cccc1F)Nc1cc(Cl)c(OCC(F)(F)C(F)C(F)(F)F)c(Cl)c1. The molecule has 1 atom stereocenters. The Labute approximate surface area is 189 Å². The highest BCUT2D eigenvalue weighted by Crippen LogP contribution is 2.39. The molecule has 180 valence electrons. The fourth-order valence-electron chi connectivity index (χ4n) is 2.29. The van der Waals surface area contributed by atoms with Crippen molar-refractivity contribution in [1.82, 2.24) is 5.32 Å². The van der Waals surface area contributed by atoms with E-state index in [1.807, 2.05) is 5.32 Å². The molecule has 0 radical (unpaired) electrons. The van der Waals surface area contributed by atoms with Gasteiger partial charge in [0.2, 0.25) is 0 Å². The van der Waals surface area contributed by atoms with Gasteiger partial charge in [0.15, 0.2) is 12.4 Å². The highest BCUT2D eigenvalue weighted by molar-refractivity contribution is 6.37. The van der Waals surface area contributed by atoms with Gasteiger partial charge in [-0.15, -0.1) is 0 Å². The number of halogens is 10. The number of carbonyl (C=O) groups excluding carboxylic acids is 2. The van der Waals surface area contributed by atoms with Crippen LogP contribution >= 0.6 is 23.2 Å². The van der Waals surface area contributed by atoms with Crippen LogP contribution in [0.3, 0.4) is 0 Å². The zero-order valence-corrected chi connectivity index (χ0v) is 17.2. The molecule has 0 aliphatic rings. The monoisotopic (exact) mass is 524 g/mol. The van der Waals surface area contributed by atoms with Crippen LogP contribution in [0.5, 0.6) is 5.75 Å². The number of rotatable bonds is 6. The van der Waals surface area contributed by atoms with Gasteiger partial charge in [-0.25, -0.2) is 18.0 Å². The van der Waals surface area contributed by atoms with Gasteiger partial charge >= 0.3 is 18.1 Å². The number of benzene rings is 2. The van der Waals surface area contributed by atoms with E-state index in [1.165, 1.54) is 0 Å². The molecule has 2 aromatic carbocycles. The molecule has 0 bridgehead atoms. The van der Waals surface area contributed by atoms with Crippen LogP contribution < -0.4 is 15.4 Å². The maximum absolute atomic E-state index is 13.6. The zero-order valence-electron chi connectivity index (χ0n) is 15.7. The predicted octanol–water partition coefficient (Wildman–Crippen LogP) is 6.15. The van der Waals surface area contributed by atoms with Crippen LogP contribution in [0, 0.1) is 11.6 Å².